The van der Waals surface area contributed by atoms with Gasteiger partial charge >= 0.3 is 0 Å². The van der Waals surface area contributed by atoms with Crippen LogP contribution in [0.1, 0.15) is 50.2 Å². The number of amides is 2. The van der Waals surface area contributed by atoms with Crippen molar-refractivity contribution in [3.63, 3.8) is 0 Å². The highest BCUT2D eigenvalue weighted by molar-refractivity contribution is 6.31. The number of aryl methyl sites for hydroxylation is 1. The molecule has 2 aromatic carbocycles. The highest BCUT2D eigenvalue weighted by Crippen LogP contribution is 2.28. The van der Waals surface area contributed by atoms with Crippen LogP contribution >= 0.6 is 11.6 Å². The van der Waals surface area contributed by atoms with Gasteiger partial charge in [-0.05, 0) is 94.3 Å². The van der Waals surface area contributed by atoms with Crippen LogP contribution < -0.4 is 4.90 Å². The van der Waals surface area contributed by atoms with Gasteiger partial charge < -0.3 is 14.7 Å². The van der Waals surface area contributed by atoms with Crippen molar-refractivity contribution in [1.82, 2.24) is 9.80 Å². The van der Waals surface area contributed by atoms with Gasteiger partial charge in [-0.3, -0.25) is 9.59 Å². The Morgan fingerprint density at radius 3 is 2.31 bits per heavy atom. The van der Waals surface area contributed by atoms with Crippen LogP contribution in [-0.2, 0) is 16.0 Å². The van der Waals surface area contributed by atoms with E-state index >= 15 is 0 Å². The molecule has 2 fully saturated rings. The fourth-order valence-electron chi connectivity index (χ4n) is 5.59. The summed E-state index contributed by atoms with van der Waals surface area (Å²) in [4.78, 5) is 31.7. The minimum absolute atomic E-state index is 0.0468. The van der Waals surface area contributed by atoms with Crippen molar-refractivity contribution in [3.05, 3.63) is 64.7 Å². The lowest BCUT2D eigenvalue weighted by Crippen LogP contribution is -2.45. The van der Waals surface area contributed by atoms with Gasteiger partial charge in [-0.2, -0.15) is 0 Å². The topological polar surface area (TPSA) is 43.9 Å². The standard InChI is InChI=1S/C30H40ClN3O2/c1-23-9-10-28(22-29(23)31)34(30(36)27-13-19-33(20-14-27)24(2)35)16-6-15-32-17-11-26(12-18-32)21-25-7-4-3-5-8-25/h3-5,7-10,22,26-27H,6,11-21H2,1-2H3. The Balaban J connectivity index is 1.31. The van der Waals surface area contributed by atoms with Crippen LogP contribution in [0.5, 0.6) is 0 Å². The van der Waals surface area contributed by atoms with Gasteiger partial charge in [-0.25, -0.2) is 0 Å². The Morgan fingerprint density at radius 2 is 1.67 bits per heavy atom. The van der Waals surface area contributed by atoms with Gasteiger partial charge in [0.2, 0.25) is 11.8 Å². The third-order valence-corrected chi connectivity index (χ3v) is 8.36. The largest absolute Gasteiger partial charge is 0.343 e. The number of hydrogen-bond donors (Lipinski definition) is 0. The summed E-state index contributed by atoms with van der Waals surface area (Å²) in [6.07, 6.45) is 6.03. The lowest BCUT2D eigenvalue weighted by Gasteiger charge is -2.35. The Kier molecular flexibility index (Phi) is 9.44. The van der Waals surface area contributed by atoms with Gasteiger partial charge in [0.25, 0.3) is 0 Å². The number of rotatable bonds is 8. The molecule has 194 valence electrons. The van der Waals surface area contributed by atoms with E-state index in [1.54, 1.807) is 6.92 Å². The van der Waals surface area contributed by atoms with E-state index in [0.717, 1.165) is 56.1 Å². The van der Waals surface area contributed by atoms with Crippen LogP contribution in [0.3, 0.4) is 0 Å². The average Bonchev–Trinajstić information content (AvgIpc) is 2.89. The van der Waals surface area contributed by atoms with Gasteiger partial charge in [0.15, 0.2) is 0 Å². The summed E-state index contributed by atoms with van der Waals surface area (Å²) in [6.45, 7) is 8.86. The molecule has 4 rings (SSSR count). The van der Waals surface area contributed by atoms with E-state index in [0.29, 0.717) is 24.7 Å². The van der Waals surface area contributed by atoms with E-state index in [1.165, 1.54) is 24.8 Å². The molecular weight excluding hydrogens is 470 g/mol. The van der Waals surface area contributed by atoms with Crippen molar-refractivity contribution in [2.75, 3.05) is 44.2 Å². The van der Waals surface area contributed by atoms with Crippen LogP contribution in [0.15, 0.2) is 48.5 Å². The smallest absolute Gasteiger partial charge is 0.230 e. The van der Waals surface area contributed by atoms with Crippen molar-refractivity contribution >= 4 is 29.1 Å². The summed E-state index contributed by atoms with van der Waals surface area (Å²) in [7, 11) is 0. The molecule has 0 saturated carbocycles. The first kappa shape index (κ1) is 26.7. The number of anilines is 1. The lowest BCUT2D eigenvalue weighted by atomic mass is 9.90. The van der Waals surface area contributed by atoms with Crippen LogP contribution in [0.2, 0.25) is 5.02 Å². The van der Waals surface area contributed by atoms with E-state index in [9.17, 15) is 9.59 Å². The number of piperidine rings is 2. The molecule has 6 heteroatoms. The van der Waals surface area contributed by atoms with Crippen molar-refractivity contribution in [2.24, 2.45) is 11.8 Å². The number of likely N-dealkylation sites (tertiary alicyclic amines) is 2. The molecule has 0 radical (unpaired) electrons. The average molecular weight is 510 g/mol. The second-order valence-corrected chi connectivity index (χ2v) is 10.9. The molecule has 2 saturated heterocycles. The zero-order valence-electron chi connectivity index (χ0n) is 21.8. The Labute approximate surface area is 221 Å². The summed E-state index contributed by atoms with van der Waals surface area (Å²) in [5.74, 6) is 0.974. The van der Waals surface area contributed by atoms with Crippen molar-refractivity contribution < 1.29 is 9.59 Å². The van der Waals surface area contributed by atoms with Crippen LogP contribution in [0.25, 0.3) is 0 Å². The molecular formula is C30H40ClN3O2. The fraction of sp³-hybridized carbons (Fsp3) is 0.533. The van der Waals surface area contributed by atoms with Crippen molar-refractivity contribution in [3.8, 4) is 0 Å². The fourth-order valence-corrected chi connectivity index (χ4v) is 5.77. The molecule has 2 aliphatic rings. The van der Waals surface area contributed by atoms with E-state index in [2.05, 4.69) is 35.2 Å². The predicted octanol–water partition coefficient (Wildman–Crippen LogP) is 5.58. The quantitative estimate of drug-likeness (QED) is 0.466. The molecule has 0 aliphatic carbocycles. The Bertz CT molecular complexity index is 1010. The maximum atomic E-state index is 13.6. The molecule has 0 bridgehead atoms. The summed E-state index contributed by atoms with van der Waals surface area (Å²) in [5.41, 5.74) is 3.34. The number of carbonyl (C=O) groups excluding carboxylic acids is 2. The molecule has 0 unspecified atom stereocenters. The van der Waals surface area contributed by atoms with Gasteiger partial charge in [-0.1, -0.05) is 48.0 Å². The first-order chi connectivity index (χ1) is 17.4. The maximum absolute atomic E-state index is 13.6. The second kappa shape index (κ2) is 12.7. The van der Waals surface area contributed by atoms with Crippen molar-refractivity contribution in [1.29, 1.82) is 0 Å². The molecule has 0 atom stereocenters. The Morgan fingerprint density at radius 1 is 0.972 bits per heavy atom. The number of carbonyl (C=O) groups is 2. The van der Waals surface area contributed by atoms with Gasteiger partial charge in [-0.15, -0.1) is 0 Å². The summed E-state index contributed by atoms with van der Waals surface area (Å²) in [5, 5.41) is 0.692. The number of benzene rings is 2. The normalized spacial score (nSPS) is 17.8. The van der Waals surface area contributed by atoms with Gasteiger partial charge in [0.05, 0.1) is 0 Å². The van der Waals surface area contributed by atoms with E-state index in [1.807, 2.05) is 34.9 Å². The van der Waals surface area contributed by atoms with Crippen LogP contribution in [0.4, 0.5) is 5.69 Å². The zero-order chi connectivity index (χ0) is 25.5. The monoisotopic (exact) mass is 509 g/mol. The zero-order valence-corrected chi connectivity index (χ0v) is 22.6. The summed E-state index contributed by atoms with van der Waals surface area (Å²) in [6, 6.07) is 16.7. The third-order valence-electron chi connectivity index (χ3n) is 7.95. The maximum Gasteiger partial charge on any atom is 0.230 e. The molecule has 36 heavy (non-hydrogen) atoms. The molecule has 5 nitrogen and oxygen atoms in total. The molecule has 2 amide bonds. The molecule has 2 aromatic rings. The molecule has 0 aromatic heterocycles. The molecule has 0 spiro atoms. The molecule has 2 aliphatic heterocycles. The second-order valence-electron chi connectivity index (χ2n) is 10.5. The first-order valence-electron chi connectivity index (χ1n) is 13.5. The first-order valence-corrected chi connectivity index (χ1v) is 13.9. The minimum atomic E-state index is -0.0468. The predicted molar refractivity (Wildman–Crippen MR) is 147 cm³/mol. The molecule has 0 N–H and O–H groups in total. The highest BCUT2D eigenvalue weighted by Gasteiger charge is 2.30. The Hall–Kier alpha value is -2.37. The van der Waals surface area contributed by atoms with Crippen LogP contribution in [0, 0.1) is 18.8 Å². The minimum Gasteiger partial charge on any atom is -0.343 e. The highest BCUT2D eigenvalue weighted by atomic mass is 35.5. The third kappa shape index (κ3) is 7.10. The summed E-state index contributed by atoms with van der Waals surface area (Å²) >= 11 is 6.44. The number of nitrogens with zero attached hydrogens (tertiary/aromatic N) is 3. The number of hydrogen-bond acceptors (Lipinski definition) is 3. The SMILES string of the molecule is CC(=O)N1CCC(C(=O)N(CCCN2CCC(Cc3ccccc3)CC2)c2ccc(C)c(Cl)c2)CC1. The van der Waals surface area contributed by atoms with Crippen LogP contribution in [-0.4, -0.2) is 60.9 Å². The van der Waals surface area contributed by atoms with E-state index < -0.39 is 0 Å². The van der Waals surface area contributed by atoms with Gasteiger partial charge in [0, 0.05) is 43.2 Å². The summed E-state index contributed by atoms with van der Waals surface area (Å²) < 4.78 is 0. The van der Waals surface area contributed by atoms with E-state index in [-0.39, 0.29) is 17.7 Å². The number of halogens is 1. The molecule has 2 heterocycles. The van der Waals surface area contributed by atoms with Gasteiger partial charge in [0.1, 0.15) is 0 Å². The van der Waals surface area contributed by atoms with E-state index in [4.69, 9.17) is 11.6 Å². The van der Waals surface area contributed by atoms with Crippen molar-refractivity contribution in [2.45, 2.75) is 52.4 Å². The lowest BCUT2D eigenvalue weighted by molar-refractivity contribution is -0.133.